The first-order chi connectivity index (χ1) is 12.8. The third-order valence-corrected chi connectivity index (χ3v) is 3.39. The van der Waals surface area contributed by atoms with E-state index >= 15 is 0 Å². The molecule has 0 saturated carbocycles. The van der Waals surface area contributed by atoms with Gasteiger partial charge in [0.2, 0.25) is 0 Å². The fraction of sp³-hybridized carbons (Fsp3) is 0.235. The van der Waals surface area contributed by atoms with Gasteiger partial charge in [-0.15, -0.1) is 0 Å². The number of carbonyl (C=O) groups excluding carboxylic acids is 2. The first-order valence-corrected chi connectivity index (χ1v) is 7.67. The number of alkyl halides is 3. The van der Waals surface area contributed by atoms with E-state index in [-0.39, 0.29) is 11.6 Å². The highest BCUT2D eigenvalue weighted by atomic mass is 19.4. The first-order valence-electron chi connectivity index (χ1n) is 7.67. The maximum absolute atomic E-state index is 13.8. The second kappa shape index (κ2) is 8.39. The number of aromatic nitrogens is 1. The molecule has 27 heavy (non-hydrogen) atoms. The molecule has 0 aliphatic carbocycles. The summed E-state index contributed by atoms with van der Waals surface area (Å²) >= 11 is 0. The molecule has 0 unspecified atom stereocenters. The molecule has 1 atom stereocenters. The summed E-state index contributed by atoms with van der Waals surface area (Å²) in [5.74, 6) is -2.79. The van der Waals surface area contributed by atoms with Crippen molar-refractivity contribution in [1.82, 2.24) is 5.32 Å². The molecule has 1 aromatic carbocycles. The topological polar surface area (TPSA) is 90.8 Å². The smallest absolute Gasteiger partial charge is 0.464 e. The highest BCUT2D eigenvalue weighted by molar-refractivity contribution is 5.91. The number of carbonyl (C=O) groups is 2. The standard InChI is InChI=1S/C17H16F3N3O4/c1-26-15(25)16(17(18,19)20,22-13-9-5-6-10-21-13)23-14(24)11-27-12-7-3-2-4-8-12/h2-10H,11H2,1H3,(H,21,22)(H,23,24)/p+1/t16-/m1/s1. The predicted molar refractivity (Wildman–Crippen MR) is 87.5 cm³/mol. The highest BCUT2D eigenvalue weighted by Crippen LogP contribution is 2.32. The van der Waals surface area contributed by atoms with E-state index in [1.807, 2.05) is 5.32 Å². The average molecular weight is 384 g/mol. The van der Waals surface area contributed by atoms with Crippen molar-refractivity contribution in [3.63, 3.8) is 0 Å². The van der Waals surface area contributed by atoms with Crippen molar-refractivity contribution in [3.8, 4) is 5.75 Å². The fourth-order valence-electron chi connectivity index (χ4n) is 2.13. The van der Waals surface area contributed by atoms with Gasteiger partial charge in [0.1, 0.15) is 5.75 Å². The number of methoxy groups -OCH3 is 1. The number of esters is 1. The number of aromatic amines is 1. The van der Waals surface area contributed by atoms with Crippen LogP contribution in [0.1, 0.15) is 0 Å². The van der Waals surface area contributed by atoms with E-state index in [1.165, 1.54) is 36.5 Å². The number of hydrogen-bond donors (Lipinski definition) is 2. The van der Waals surface area contributed by atoms with Crippen LogP contribution in [-0.2, 0) is 14.3 Å². The lowest BCUT2D eigenvalue weighted by Gasteiger charge is -2.30. The van der Waals surface area contributed by atoms with Gasteiger partial charge in [0.05, 0.1) is 13.3 Å². The third kappa shape index (κ3) is 4.87. The van der Waals surface area contributed by atoms with E-state index < -0.39 is 30.3 Å². The molecule has 0 spiro atoms. The highest BCUT2D eigenvalue weighted by Gasteiger charge is 2.67. The largest absolute Gasteiger partial charge is 0.484 e. The van der Waals surface area contributed by atoms with Crippen molar-refractivity contribution in [1.29, 1.82) is 0 Å². The lowest BCUT2D eigenvalue weighted by atomic mass is 10.1. The number of rotatable bonds is 7. The molecule has 0 aliphatic rings. The van der Waals surface area contributed by atoms with Crippen molar-refractivity contribution in [2.24, 2.45) is 0 Å². The van der Waals surface area contributed by atoms with Gasteiger partial charge in [-0.25, -0.2) is 15.1 Å². The summed E-state index contributed by atoms with van der Waals surface area (Å²) < 4.78 is 50.8. The number of halogens is 3. The Morgan fingerprint density at radius 2 is 1.74 bits per heavy atom. The molecule has 2 aromatic rings. The van der Waals surface area contributed by atoms with Gasteiger partial charge in [-0.3, -0.25) is 10.1 Å². The molecule has 0 radical (unpaired) electrons. The summed E-state index contributed by atoms with van der Waals surface area (Å²) in [6.45, 7) is -0.737. The third-order valence-electron chi connectivity index (χ3n) is 3.39. The van der Waals surface area contributed by atoms with Crippen LogP contribution in [0.5, 0.6) is 5.75 Å². The van der Waals surface area contributed by atoms with Gasteiger partial charge in [-0.1, -0.05) is 24.3 Å². The minimum Gasteiger partial charge on any atom is -0.484 e. The monoisotopic (exact) mass is 384 g/mol. The van der Waals surface area contributed by atoms with E-state index in [2.05, 4.69) is 9.72 Å². The van der Waals surface area contributed by atoms with Gasteiger partial charge in [-0.05, 0) is 18.2 Å². The van der Waals surface area contributed by atoms with Gasteiger partial charge in [-0.2, -0.15) is 13.2 Å². The zero-order valence-corrected chi connectivity index (χ0v) is 14.2. The number of amides is 1. The Bertz CT molecular complexity index is 772. The van der Waals surface area contributed by atoms with Gasteiger partial charge >= 0.3 is 17.8 Å². The predicted octanol–water partition coefficient (Wildman–Crippen LogP) is 1.54. The number of anilines is 1. The zero-order chi connectivity index (χ0) is 19.9. The molecule has 3 N–H and O–H groups in total. The summed E-state index contributed by atoms with van der Waals surface area (Å²) in [6, 6.07) is 12.3. The zero-order valence-electron chi connectivity index (χ0n) is 14.2. The minimum atomic E-state index is -5.22. The van der Waals surface area contributed by atoms with Crippen LogP contribution in [0.4, 0.5) is 19.0 Å². The minimum absolute atomic E-state index is 0.162. The number of benzene rings is 1. The van der Waals surface area contributed by atoms with Crippen LogP contribution in [0.15, 0.2) is 54.7 Å². The Kier molecular flexibility index (Phi) is 6.22. The van der Waals surface area contributed by atoms with Crippen LogP contribution in [0, 0.1) is 0 Å². The summed E-state index contributed by atoms with van der Waals surface area (Å²) in [7, 11) is 0.784. The Balaban J connectivity index is 2.25. The van der Waals surface area contributed by atoms with Crippen LogP contribution in [0.25, 0.3) is 0 Å². The van der Waals surface area contributed by atoms with Crippen molar-refractivity contribution in [2.75, 3.05) is 19.0 Å². The van der Waals surface area contributed by atoms with Crippen molar-refractivity contribution >= 4 is 17.7 Å². The molecule has 0 aliphatic heterocycles. The van der Waals surface area contributed by atoms with Crippen LogP contribution in [-0.4, -0.2) is 37.4 Å². The number of H-pyrrole nitrogens is 1. The van der Waals surface area contributed by atoms with Gasteiger partial charge in [0.25, 0.3) is 11.7 Å². The number of pyridine rings is 1. The number of ether oxygens (including phenoxy) is 2. The van der Waals surface area contributed by atoms with Gasteiger partial charge in [0, 0.05) is 6.07 Å². The van der Waals surface area contributed by atoms with E-state index in [9.17, 15) is 22.8 Å². The van der Waals surface area contributed by atoms with E-state index in [4.69, 9.17) is 4.74 Å². The van der Waals surface area contributed by atoms with Crippen molar-refractivity contribution in [3.05, 3.63) is 54.7 Å². The van der Waals surface area contributed by atoms with Crippen LogP contribution >= 0.6 is 0 Å². The lowest BCUT2D eigenvalue weighted by Crippen LogP contribution is -2.70. The van der Waals surface area contributed by atoms with Crippen molar-refractivity contribution < 1.29 is 37.2 Å². The normalized spacial score (nSPS) is 13.2. The molecular weight excluding hydrogens is 367 g/mol. The van der Waals surface area contributed by atoms with Gasteiger partial charge in [0.15, 0.2) is 6.61 Å². The molecule has 10 heteroatoms. The maximum atomic E-state index is 13.8. The van der Waals surface area contributed by atoms with Crippen LogP contribution in [0.2, 0.25) is 0 Å². The molecule has 2 rings (SSSR count). The van der Waals surface area contributed by atoms with E-state index in [1.54, 1.807) is 23.5 Å². The Morgan fingerprint density at radius 1 is 1.07 bits per heavy atom. The molecule has 0 fully saturated rings. The number of hydrogen-bond acceptors (Lipinski definition) is 5. The quantitative estimate of drug-likeness (QED) is 0.558. The summed E-state index contributed by atoms with van der Waals surface area (Å²) in [5.41, 5.74) is -3.50. The molecule has 0 bridgehead atoms. The molecular formula is C17H17F3N3O4+. The average Bonchev–Trinajstić information content (AvgIpc) is 2.66. The fourth-order valence-corrected chi connectivity index (χ4v) is 2.13. The Morgan fingerprint density at radius 3 is 2.30 bits per heavy atom. The molecule has 1 heterocycles. The summed E-state index contributed by atoms with van der Waals surface area (Å²) in [6.07, 6.45) is -3.87. The first kappa shape index (κ1) is 20.0. The molecule has 1 amide bonds. The molecule has 144 valence electrons. The Labute approximate surface area is 152 Å². The second-order valence-electron chi connectivity index (χ2n) is 5.29. The lowest BCUT2D eigenvalue weighted by molar-refractivity contribution is -0.363. The van der Waals surface area contributed by atoms with Gasteiger partial charge < -0.3 is 9.47 Å². The van der Waals surface area contributed by atoms with Crippen LogP contribution in [0.3, 0.4) is 0 Å². The Hall–Kier alpha value is -3.30. The molecule has 1 aromatic heterocycles. The SMILES string of the molecule is COC(=O)[C@](NC(=O)COc1ccccc1)(Nc1cccc[nH+]1)C(F)(F)F. The summed E-state index contributed by atoms with van der Waals surface area (Å²) in [4.78, 5) is 26.6. The second-order valence-corrected chi connectivity index (χ2v) is 5.29. The van der Waals surface area contributed by atoms with Crippen LogP contribution < -0.4 is 20.4 Å². The number of nitrogens with one attached hydrogen (secondary N) is 3. The summed E-state index contributed by atoms with van der Waals surface area (Å²) in [5, 5.41) is 3.61. The number of para-hydroxylation sites is 1. The van der Waals surface area contributed by atoms with Crippen molar-refractivity contribution in [2.45, 2.75) is 11.8 Å². The van der Waals surface area contributed by atoms with E-state index in [0.29, 0.717) is 0 Å². The molecule has 0 saturated heterocycles. The van der Waals surface area contributed by atoms with E-state index in [0.717, 1.165) is 7.11 Å². The molecule has 7 nitrogen and oxygen atoms in total. The maximum Gasteiger partial charge on any atom is 0.464 e.